The third-order valence-electron chi connectivity index (χ3n) is 4.76. The molecule has 3 aromatic carbocycles. The van der Waals surface area contributed by atoms with Gasteiger partial charge < -0.3 is 13.9 Å². The number of halogens is 2. The molecule has 1 aromatic heterocycles. The second-order valence-electron chi connectivity index (χ2n) is 6.20. The molecule has 4 aromatic rings. The minimum absolute atomic E-state index is 0.101. The van der Waals surface area contributed by atoms with E-state index in [-0.39, 0.29) is 28.9 Å². The van der Waals surface area contributed by atoms with Crippen LogP contribution in [0.25, 0.3) is 32.9 Å². The molecule has 2 heterocycles. The Hall–Kier alpha value is -3.41. The van der Waals surface area contributed by atoms with E-state index in [1.165, 1.54) is 24.5 Å². The fraction of sp³-hybridized carbons (Fsp3) is 0.0952. The molecule has 0 amide bonds. The maximum absolute atomic E-state index is 13.4. The van der Waals surface area contributed by atoms with Gasteiger partial charge in [0.05, 0.1) is 10.9 Å². The van der Waals surface area contributed by atoms with E-state index in [1.807, 2.05) is 0 Å². The zero-order chi connectivity index (χ0) is 18.5. The van der Waals surface area contributed by atoms with Crippen molar-refractivity contribution in [1.29, 1.82) is 0 Å². The van der Waals surface area contributed by atoms with Crippen LogP contribution in [0.3, 0.4) is 0 Å². The van der Waals surface area contributed by atoms with Gasteiger partial charge in [-0.05, 0) is 29.8 Å². The third-order valence-corrected chi connectivity index (χ3v) is 4.76. The lowest BCUT2D eigenvalue weighted by Gasteiger charge is -2.10. The van der Waals surface area contributed by atoms with E-state index >= 15 is 0 Å². The van der Waals surface area contributed by atoms with Gasteiger partial charge in [0.2, 0.25) is 12.2 Å². The van der Waals surface area contributed by atoms with Crippen LogP contribution in [0, 0.1) is 0 Å². The first-order valence-corrected chi connectivity index (χ1v) is 8.29. The van der Waals surface area contributed by atoms with Gasteiger partial charge in [0.1, 0.15) is 11.8 Å². The number of fused-ring (bicyclic) bond motifs is 5. The molecule has 0 atom stereocenters. The highest BCUT2D eigenvalue weighted by Gasteiger charge is 2.21. The molecule has 0 saturated heterocycles. The molecule has 134 valence electrons. The molecule has 0 N–H and O–H groups in total. The first-order chi connectivity index (χ1) is 13.1. The second kappa shape index (κ2) is 5.81. The van der Waals surface area contributed by atoms with Crippen LogP contribution in [0.5, 0.6) is 11.5 Å². The minimum atomic E-state index is -2.70. The summed E-state index contributed by atoms with van der Waals surface area (Å²) in [4.78, 5) is 13.2. The number of rotatable bonds is 2. The maximum Gasteiger partial charge on any atom is 0.264 e. The monoisotopic (exact) mass is 366 g/mol. The van der Waals surface area contributed by atoms with Crippen LogP contribution < -0.4 is 14.9 Å². The number of hydrogen-bond acceptors (Lipinski definition) is 4. The lowest BCUT2D eigenvalue weighted by molar-refractivity contribution is 0.152. The van der Waals surface area contributed by atoms with Gasteiger partial charge in [-0.1, -0.05) is 24.3 Å². The van der Waals surface area contributed by atoms with E-state index in [4.69, 9.17) is 13.9 Å². The molecule has 0 fully saturated rings. The Morgan fingerprint density at radius 2 is 1.70 bits per heavy atom. The van der Waals surface area contributed by atoms with Gasteiger partial charge >= 0.3 is 0 Å². The van der Waals surface area contributed by atoms with Gasteiger partial charge in [-0.25, -0.2) is 8.78 Å². The van der Waals surface area contributed by atoms with Crippen molar-refractivity contribution < 1.29 is 22.7 Å². The Labute approximate surface area is 151 Å². The molecule has 1 aliphatic heterocycles. The summed E-state index contributed by atoms with van der Waals surface area (Å²) in [5.74, 6) is 1.16. The Balaban J connectivity index is 1.86. The van der Waals surface area contributed by atoms with Crippen molar-refractivity contribution in [3.63, 3.8) is 0 Å². The Kier molecular flexibility index (Phi) is 3.40. The predicted molar refractivity (Wildman–Crippen MR) is 96.5 cm³/mol. The summed E-state index contributed by atoms with van der Waals surface area (Å²) in [5.41, 5.74) is 0.0740. The highest BCUT2D eigenvalue weighted by molar-refractivity contribution is 6.09. The molecule has 0 saturated carbocycles. The van der Waals surface area contributed by atoms with E-state index in [9.17, 15) is 13.6 Å². The van der Waals surface area contributed by atoms with Gasteiger partial charge in [-0.3, -0.25) is 4.79 Å². The molecule has 0 radical (unpaired) electrons. The van der Waals surface area contributed by atoms with Gasteiger partial charge in [-0.15, -0.1) is 0 Å². The molecule has 6 heteroatoms. The Morgan fingerprint density at radius 3 is 2.56 bits per heavy atom. The molecule has 5 rings (SSSR count). The SMILES string of the molecule is O=c1c(-c2ccccc2C(F)F)coc2ccc3c4c(ccc3c12)OCO4. The Bertz CT molecular complexity index is 1260. The maximum atomic E-state index is 13.4. The fourth-order valence-corrected chi connectivity index (χ4v) is 3.51. The average Bonchev–Trinajstić information content (AvgIpc) is 3.17. The topological polar surface area (TPSA) is 48.7 Å². The van der Waals surface area contributed by atoms with Crippen LogP contribution in [0.2, 0.25) is 0 Å². The van der Waals surface area contributed by atoms with Crippen LogP contribution >= 0.6 is 0 Å². The molecular weight excluding hydrogens is 354 g/mol. The number of alkyl halides is 2. The van der Waals surface area contributed by atoms with Gasteiger partial charge in [0.15, 0.2) is 11.5 Å². The summed E-state index contributed by atoms with van der Waals surface area (Å²) in [6.45, 7) is 0.114. The molecule has 1 aliphatic rings. The van der Waals surface area contributed by atoms with E-state index in [1.54, 1.807) is 30.3 Å². The van der Waals surface area contributed by atoms with Gasteiger partial charge in [0.25, 0.3) is 6.43 Å². The standard InChI is InChI=1S/C21H12F2O4/c22-21(23)14-4-2-1-3-11(14)15-9-25-16-7-6-13-12(18(16)19(15)24)5-8-17-20(13)27-10-26-17/h1-9,21H,10H2. The third kappa shape index (κ3) is 2.30. The summed E-state index contributed by atoms with van der Waals surface area (Å²) in [5, 5.41) is 1.67. The highest BCUT2D eigenvalue weighted by Crippen LogP contribution is 2.41. The molecule has 27 heavy (non-hydrogen) atoms. The molecular formula is C21H12F2O4. The summed E-state index contributed by atoms with van der Waals surface area (Å²) in [6, 6.07) is 12.9. The zero-order valence-corrected chi connectivity index (χ0v) is 13.9. The normalized spacial score (nSPS) is 13.0. The van der Waals surface area contributed by atoms with Crippen molar-refractivity contribution >= 4 is 21.7 Å². The molecule has 0 bridgehead atoms. The summed E-state index contributed by atoms with van der Waals surface area (Å²) in [6.07, 6.45) is -1.46. The molecule has 0 aliphatic carbocycles. The van der Waals surface area contributed by atoms with Gasteiger partial charge in [-0.2, -0.15) is 0 Å². The van der Waals surface area contributed by atoms with Crippen molar-refractivity contribution in [3.05, 3.63) is 70.6 Å². The zero-order valence-electron chi connectivity index (χ0n) is 13.9. The minimum Gasteiger partial charge on any atom is -0.463 e. The van der Waals surface area contributed by atoms with Crippen molar-refractivity contribution in [2.75, 3.05) is 6.79 Å². The van der Waals surface area contributed by atoms with Crippen molar-refractivity contribution in [1.82, 2.24) is 0 Å². The number of benzene rings is 3. The summed E-state index contributed by atoms with van der Waals surface area (Å²) in [7, 11) is 0. The van der Waals surface area contributed by atoms with E-state index < -0.39 is 6.43 Å². The van der Waals surface area contributed by atoms with Crippen molar-refractivity contribution in [2.45, 2.75) is 6.43 Å². The molecule has 0 spiro atoms. The first kappa shape index (κ1) is 15.8. The lowest BCUT2D eigenvalue weighted by Crippen LogP contribution is -2.07. The summed E-state index contributed by atoms with van der Waals surface area (Å²) >= 11 is 0. The molecule has 4 nitrogen and oxygen atoms in total. The van der Waals surface area contributed by atoms with E-state index in [0.29, 0.717) is 33.2 Å². The first-order valence-electron chi connectivity index (χ1n) is 8.29. The van der Waals surface area contributed by atoms with E-state index in [0.717, 1.165) is 0 Å². The summed E-state index contributed by atoms with van der Waals surface area (Å²) < 4.78 is 43.3. The second-order valence-corrected chi connectivity index (χ2v) is 6.20. The Morgan fingerprint density at radius 1 is 0.889 bits per heavy atom. The van der Waals surface area contributed by atoms with Gasteiger partial charge in [0, 0.05) is 16.3 Å². The van der Waals surface area contributed by atoms with Crippen LogP contribution in [-0.4, -0.2) is 6.79 Å². The average molecular weight is 366 g/mol. The van der Waals surface area contributed by atoms with Crippen LogP contribution in [-0.2, 0) is 0 Å². The van der Waals surface area contributed by atoms with Crippen LogP contribution in [0.4, 0.5) is 8.78 Å². The number of ether oxygens (including phenoxy) is 2. The van der Waals surface area contributed by atoms with Crippen molar-refractivity contribution in [3.8, 4) is 22.6 Å². The van der Waals surface area contributed by atoms with Crippen LogP contribution in [0.15, 0.2) is 64.0 Å². The smallest absolute Gasteiger partial charge is 0.264 e. The predicted octanol–water partition coefficient (Wildman–Crippen LogP) is 5.28. The van der Waals surface area contributed by atoms with Crippen LogP contribution in [0.1, 0.15) is 12.0 Å². The highest BCUT2D eigenvalue weighted by atomic mass is 19.3. The van der Waals surface area contributed by atoms with Crippen molar-refractivity contribution in [2.24, 2.45) is 0 Å². The lowest BCUT2D eigenvalue weighted by atomic mass is 9.98. The molecule has 0 unspecified atom stereocenters. The quantitative estimate of drug-likeness (QED) is 0.453. The van der Waals surface area contributed by atoms with E-state index in [2.05, 4.69) is 0 Å². The number of hydrogen-bond donors (Lipinski definition) is 0. The fourth-order valence-electron chi connectivity index (χ4n) is 3.51. The largest absolute Gasteiger partial charge is 0.463 e.